The van der Waals surface area contributed by atoms with Crippen LogP contribution >= 0.6 is 11.3 Å². The molecule has 0 saturated carbocycles. The molecular formula is C12H19NS. The summed E-state index contributed by atoms with van der Waals surface area (Å²) >= 11 is 1.83. The average Bonchev–Trinajstić information content (AvgIpc) is 2.50. The average molecular weight is 209 g/mol. The number of allylic oxidation sites excluding steroid dienone is 1. The van der Waals surface area contributed by atoms with Gasteiger partial charge in [-0.3, -0.25) is 0 Å². The number of hydrogen-bond donors (Lipinski definition) is 1. The van der Waals surface area contributed by atoms with Crippen molar-refractivity contribution in [2.24, 2.45) is 0 Å². The molecule has 0 amide bonds. The largest absolute Gasteiger partial charge is 0.306 e. The van der Waals surface area contributed by atoms with E-state index in [0.29, 0.717) is 6.04 Å². The molecule has 0 spiro atoms. The molecule has 1 heterocycles. The fourth-order valence-electron chi connectivity index (χ4n) is 1.48. The first-order valence-corrected chi connectivity index (χ1v) is 5.95. The molecular weight excluding hydrogens is 190 g/mol. The maximum Gasteiger partial charge on any atom is 0.0605 e. The summed E-state index contributed by atoms with van der Waals surface area (Å²) in [5.74, 6) is 0. The minimum absolute atomic E-state index is 0.394. The summed E-state index contributed by atoms with van der Waals surface area (Å²) in [6.45, 7) is 9.62. The van der Waals surface area contributed by atoms with Gasteiger partial charge in [-0.25, -0.2) is 0 Å². The predicted octanol–water partition coefficient (Wildman–Crippen LogP) is 3.67. The van der Waals surface area contributed by atoms with Crippen LogP contribution < -0.4 is 5.32 Å². The maximum atomic E-state index is 3.49. The number of rotatable bonds is 4. The zero-order valence-electron chi connectivity index (χ0n) is 9.42. The molecule has 0 aliphatic carbocycles. The first-order chi connectivity index (χ1) is 6.65. The molecule has 1 rings (SSSR count). The molecule has 1 aromatic rings. The van der Waals surface area contributed by atoms with Crippen LogP contribution in [-0.2, 0) is 0 Å². The lowest BCUT2D eigenvalue weighted by molar-refractivity contribution is 0.651. The van der Waals surface area contributed by atoms with Gasteiger partial charge in [0.15, 0.2) is 0 Å². The normalized spacial score (nSPS) is 12.6. The summed E-state index contributed by atoms with van der Waals surface area (Å²) in [5.41, 5.74) is 2.75. The van der Waals surface area contributed by atoms with Gasteiger partial charge in [0.25, 0.3) is 0 Å². The number of nitrogens with one attached hydrogen (secondary N) is 1. The molecule has 0 radical (unpaired) electrons. The van der Waals surface area contributed by atoms with Crippen LogP contribution in [-0.4, -0.2) is 6.54 Å². The molecule has 78 valence electrons. The second kappa shape index (κ2) is 5.32. The van der Waals surface area contributed by atoms with Crippen LogP contribution in [0.2, 0.25) is 0 Å². The van der Waals surface area contributed by atoms with Crippen LogP contribution in [0.25, 0.3) is 0 Å². The fourth-order valence-corrected chi connectivity index (χ4v) is 2.45. The summed E-state index contributed by atoms with van der Waals surface area (Å²) in [5, 5.41) is 5.65. The Morgan fingerprint density at radius 3 is 2.71 bits per heavy atom. The standard InChI is InChI=1S/C12H19NS/c1-5-13-11(8-9(2)3)12-10(4)6-7-14-12/h6-8,11,13H,5H2,1-4H3. The molecule has 0 saturated heterocycles. The van der Waals surface area contributed by atoms with E-state index in [-0.39, 0.29) is 0 Å². The first kappa shape index (κ1) is 11.5. The Kier molecular flexibility index (Phi) is 4.36. The van der Waals surface area contributed by atoms with Crippen LogP contribution in [0, 0.1) is 6.92 Å². The Morgan fingerprint density at radius 2 is 2.29 bits per heavy atom. The van der Waals surface area contributed by atoms with Crippen LogP contribution in [0.3, 0.4) is 0 Å². The van der Waals surface area contributed by atoms with Gasteiger partial charge in [-0.05, 0) is 44.3 Å². The molecule has 0 bridgehead atoms. The molecule has 0 fully saturated rings. The third-order valence-electron chi connectivity index (χ3n) is 2.11. The molecule has 1 unspecified atom stereocenters. The molecule has 14 heavy (non-hydrogen) atoms. The Labute approximate surface area is 90.9 Å². The maximum absolute atomic E-state index is 3.49. The highest BCUT2D eigenvalue weighted by molar-refractivity contribution is 7.10. The minimum atomic E-state index is 0.394. The van der Waals surface area contributed by atoms with E-state index < -0.39 is 0 Å². The molecule has 2 heteroatoms. The summed E-state index contributed by atoms with van der Waals surface area (Å²) in [7, 11) is 0. The Bertz CT molecular complexity index is 308. The Morgan fingerprint density at radius 1 is 1.57 bits per heavy atom. The summed E-state index contributed by atoms with van der Waals surface area (Å²) in [4.78, 5) is 1.44. The lowest BCUT2D eigenvalue weighted by Gasteiger charge is -2.14. The van der Waals surface area contributed by atoms with Gasteiger partial charge in [-0.15, -0.1) is 11.3 Å². The highest BCUT2D eigenvalue weighted by Gasteiger charge is 2.10. The third kappa shape index (κ3) is 2.96. The van der Waals surface area contributed by atoms with Crippen LogP contribution in [0.1, 0.15) is 37.3 Å². The van der Waals surface area contributed by atoms with E-state index in [1.54, 1.807) is 0 Å². The summed E-state index contributed by atoms with van der Waals surface area (Å²) in [6, 6.07) is 2.58. The van der Waals surface area contributed by atoms with E-state index in [2.05, 4.69) is 50.5 Å². The lowest BCUT2D eigenvalue weighted by Crippen LogP contribution is -2.18. The van der Waals surface area contributed by atoms with Crippen molar-refractivity contribution in [3.05, 3.63) is 33.5 Å². The summed E-state index contributed by atoms with van der Waals surface area (Å²) < 4.78 is 0. The van der Waals surface area contributed by atoms with E-state index in [1.807, 2.05) is 11.3 Å². The van der Waals surface area contributed by atoms with Crippen molar-refractivity contribution in [2.75, 3.05) is 6.54 Å². The van der Waals surface area contributed by atoms with Crippen molar-refractivity contribution in [3.63, 3.8) is 0 Å². The highest BCUT2D eigenvalue weighted by Crippen LogP contribution is 2.25. The van der Waals surface area contributed by atoms with E-state index in [0.717, 1.165) is 6.54 Å². The molecule has 0 aliphatic heterocycles. The number of aryl methyl sites for hydroxylation is 1. The van der Waals surface area contributed by atoms with Gasteiger partial charge in [0.1, 0.15) is 0 Å². The van der Waals surface area contributed by atoms with Gasteiger partial charge in [-0.1, -0.05) is 18.6 Å². The summed E-state index contributed by atoms with van der Waals surface area (Å²) in [6.07, 6.45) is 2.29. The van der Waals surface area contributed by atoms with Crippen molar-refractivity contribution in [3.8, 4) is 0 Å². The van der Waals surface area contributed by atoms with Gasteiger partial charge in [0, 0.05) is 4.88 Å². The van der Waals surface area contributed by atoms with Crippen molar-refractivity contribution in [1.82, 2.24) is 5.32 Å². The predicted molar refractivity (Wildman–Crippen MR) is 64.9 cm³/mol. The Hall–Kier alpha value is -0.600. The Balaban J connectivity index is 2.88. The van der Waals surface area contributed by atoms with E-state index >= 15 is 0 Å². The van der Waals surface area contributed by atoms with Crippen molar-refractivity contribution in [1.29, 1.82) is 0 Å². The second-order valence-corrected chi connectivity index (χ2v) is 4.69. The van der Waals surface area contributed by atoms with Gasteiger partial charge in [-0.2, -0.15) is 0 Å². The van der Waals surface area contributed by atoms with Crippen LogP contribution in [0.5, 0.6) is 0 Å². The lowest BCUT2D eigenvalue weighted by atomic mass is 10.1. The molecule has 1 atom stereocenters. The highest BCUT2D eigenvalue weighted by atomic mass is 32.1. The minimum Gasteiger partial charge on any atom is -0.306 e. The van der Waals surface area contributed by atoms with Crippen molar-refractivity contribution in [2.45, 2.75) is 33.7 Å². The smallest absolute Gasteiger partial charge is 0.0605 e. The van der Waals surface area contributed by atoms with E-state index in [9.17, 15) is 0 Å². The van der Waals surface area contributed by atoms with E-state index in [4.69, 9.17) is 0 Å². The number of hydrogen-bond acceptors (Lipinski definition) is 2. The zero-order valence-corrected chi connectivity index (χ0v) is 10.2. The molecule has 0 aromatic carbocycles. The monoisotopic (exact) mass is 209 g/mol. The number of likely N-dealkylation sites (N-methyl/N-ethyl adjacent to an activating group) is 1. The SMILES string of the molecule is CCNC(C=C(C)C)c1sccc1C. The van der Waals surface area contributed by atoms with Crippen LogP contribution in [0.4, 0.5) is 0 Å². The zero-order chi connectivity index (χ0) is 10.6. The topological polar surface area (TPSA) is 12.0 Å². The van der Waals surface area contributed by atoms with E-state index in [1.165, 1.54) is 16.0 Å². The van der Waals surface area contributed by atoms with Gasteiger partial charge >= 0.3 is 0 Å². The molecule has 0 aliphatic rings. The molecule has 1 aromatic heterocycles. The molecule has 1 N–H and O–H groups in total. The van der Waals surface area contributed by atoms with Crippen molar-refractivity contribution < 1.29 is 0 Å². The fraction of sp³-hybridized carbons (Fsp3) is 0.500. The van der Waals surface area contributed by atoms with Gasteiger partial charge < -0.3 is 5.32 Å². The quantitative estimate of drug-likeness (QED) is 0.746. The van der Waals surface area contributed by atoms with Crippen LogP contribution in [0.15, 0.2) is 23.1 Å². The second-order valence-electron chi connectivity index (χ2n) is 3.75. The van der Waals surface area contributed by atoms with Gasteiger partial charge in [0.2, 0.25) is 0 Å². The molecule has 1 nitrogen and oxygen atoms in total. The first-order valence-electron chi connectivity index (χ1n) is 5.07. The number of thiophene rings is 1. The van der Waals surface area contributed by atoms with Gasteiger partial charge in [0.05, 0.1) is 6.04 Å². The third-order valence-corrected chi connectivity index (χ3v) is 3.21. The van der Waals surface area contributed by atoms with Crippen molar-refractivity contribution >= 4 is 11.3 Å².